The molecule has 0 bridgehead atoms. The Bertz CT molecular complexity index is 2100. The molecule has 2 heterocycles. The van der Waals surface area contributed by atoms with Gasteiger partial charge in [0.25, 0.3) is 11.4 Å². The smallest absolute Gasteiger partial charge is 0.245 e. The molecule has 0 amide bonds. The van der Waals surface area contributed by atoms with E-state index in [2.05, 4.69) is 9.69 Å². The number of rotatable bonds is 0. The number of allylic oxidation sites excluding steroid dienone is 2. The average Bonchev–Trinajstić information content (AvgIpc) is 3.42. The maximum absolute atomic E-state index is 14.2. The Labute approximate surface area is 224 Å². The average molecular weight is 518 g/mol. The maximum Gasteiger partial charge on any atom is 0.271 e. The van der Waals surface area contributed by atoms with E-state index < -0.39 is 11.6 Å². The first-order valence-electron chi connectivity index (χ1n) is 11.6. The second-order valence-electron chi connectivity index (χ2n) is 8.95. The monoisotopic (exact) mass is 518 g/mol. The number of hydrogen-bond donors (Lipinski definition) is 0. The number of hydrogen-bond acceptors (Lipinski definition) is 6. The van der Waals surface area contributed by atoms with E-state index >= 15 is 0 Å². The lowest BCUT2D eigenvalue weighted by Gasteiger charge is -2.07. The van der Waals surface area contributed by atoms with E-state index in [0.29, 0.717) is 55.7 Å². The van der Waals surface area contributed by atoms with Crippen molar-refractivity contribution in [2.24, 2.45) is 0 Å². The lowest BCUT2D eigenvalue weighted by Crippen LogP contribution is -1.97. The molecular formula is C30H8F2N8. The molecule has 40 heavy (non-hydrogen) atoms. The zero-order valence-electron chi connectivity index (χ0n) is 20.0. The van der Waals surface area contributed by atoms with Crippen molar-refractivity contribution in [3.63, 3.8) is 0 Å². The Balaban J connectivity index is 1.54. The van der Waals surface area contributed by atoms with Crippen molar-refractivity contribution >= 4 is 33.2 Å². The molecule has 7 rings (SSSR count). The van der Waals surface area contributed by atoms with Gasteiger partial charge < -0.3 is 0 Å². The topological polar surface area (TPSA) is 108 Å². The van der Waals surface area contributed by atoms with E-state index in [1.807, 2.05) is 12.1 Å². The molecule has 0 radical (unpaired) electrons. The van der Waals surface area contributed by atoms with Gasteiger partial charge in [0.15, 0.2) is 0 Å². The summed E-state index contributed by atoms with van der Waals surface area (Å²) in [5.74, 6) is -1.05. The molecule has 3 aromatic carbocycles. The van der Waals surface area contributed by atoms with Gasteiger partial charge in [0.1, 0.15) is 11.6 Å². The quantitative estimate of drug-likeness (QED) is 0.134. The third-order valence-electron chi connectivity index (χ3n) is 6.84. The van der Waals surface area contributed by atoms with Gasteiger partial charge in [-0.1, -0.05) is 0 Å². The first-order valence-corrected chi connectivity index (χ1v) is 11.6. The SMILES string of the molecule is [C-]#[N+]/C(C#N)=C1/c2cc(F)ccc2-c2nc3cc4nc5c(nc4cc3nc21)/C(=C(\C#N)[N+]#[C-])c1cc(F)ccc1-5. The summed E-state index contributed by atoms with van der Waals surface area (Å²) < 4.78 is 28.4. The van der Waals surface area contributed by atoms with Gasteiger partial charge in [-0.05, 0) is 59.7 Å². The molecule has 0 saturated heterocycles. The van der Waals surface area contributed by atoms with E-state index in [0.717, 1.165) is 0 Å². The van der Waals surface area contributed by atoms with Crippen molar-refractivity contribution in [1.82, 2.24) is 19.9 Å². The van der Waals surface area contributed by atoms with Crippen LogP contribution in [0.4, 0.5) is 8.78 Å². The predicted molar refractivity (Wildman–Crippen MR) is 140 cm³/mol. The minimum Gasteiger partial charge on any atom is -0.245 e. The second kappa shape index (κ2) is 8.07. The first-order chi connectivity index (χ1) is 19.4. The third-order valence-corrected chi connectivity index (χ3v) is 6.84. The highest BCUT2D eigenvalue weighted by atomic mass is 19.1. The van der Waals surface area contributed by atoms with Gasteiger partial charge in [0, 0.05) is 22.3 Å². The zero-order valence-corrected chi connectivity index (χ0v) is 20.0. The number of benzene rings is 3. The molecule has 2 aliphatic rings. The number of aromatic nitrogens is 4. The van der Waals surface area contributed by atoms with Gasteiger partial charge in [-0.25, -0.2) is 48.9 Å². The molecule has 0 spiro atoms. The third kappa shape index (κ3) is 2.99. The van der Waals surface area contributed by atoms with E-state index in [-0.39, 0.29) is 33.9 Å². The number of fused-ring (bicyclic) bond motifs is 8. The molecule has 8 nitrogen and oxygen atoms in total. The van der Waals surface area contributed by atoms with Gasteiger partial charge in [-0.3, -0.25) is 0 Å². The van der Waals surface area contributed by atoms with Crippen LogP contribution in [-0.4, -0.2) is 19.9 Å². The summed E-state index contributed by atoms with van der Waals surface area (Å²) in [6, 6.07) is 15.2. The molecular weight excluding hydrogens is 510 g/mol. The summed E-state index contributed by atoms with van der Waals surface area (Å²) >= 11 is 0. The van der Waals surface area contributed by atoms with Crippen LogP contribution < -0.4 is 0 Å². The van der Waals surface area contributed by atoms with E-state index in [4.69, 9.17) is 33.1 Å². The predicted octanol–water partition coefficient (Wildman–Crippen LogP) is 6.22. The van der Waals surface area contributed by atoms with Gasteiger partial charge in [0.05, 0.1) is 70.1 Å². The van der Waals surface area contributed by atoms with Crippen LogP contribution in [0.5, 0.6) is 0 Å². The van der Waals surface area contributed by atoms with Crippen molar-refractivity contribution in [3.8, 4) is 34.7 Å². The van der Waals surface area contributed by atoms with Crippen molar-refractivity contribution in [2.75, 3.05) is 0 Å². The minimum absolute atomic E-state index is 0.204. The Morgan fingerprint density at radius 2 is 0.950 bits per heavy atom. The summed E-state index contributed by atoms with van der Waals surface area (Å²) in [6.07, 6.45) is 0. The molecule has 0 saturated carbocycles. The molecule has 0 aliphatic heterocycles. The van der Waals surface area contributed by atoms with Crippen LogP contribution in [0, 0.1) is 47.4 Å². The Morgan fingerprint density at radius 3 is 1.30 bits per heavy atom. The van der Waals surface area contributed by atoms with E-state index in [9.17, 15) is 19.3 Å². The van der Waals surface area contributed by atoms with Crippen molar-refractivity contribution < 1.29 is 8.78 Å². The number of nitrogens with zero attached hydrogens (tertiary/aromatic N) is 8. The molecule has 0 fully saturated rings. The fourth-order valence-electron chi connectivity index (χ4n) is 5.20. The number of halogens is 2. The van der Waals surface area contributed by atoms with Crippen LogP contribution in [0.15, 0.2) is 59.9 Å². The summed E-state index contributed by atoms with van der Waals surface area (Å²) in [6.45, 7) is 14.9. The van der Waals surface area contributed by atoms with Crippen LogP contribution in [0.2, 0.25) is 0 Å². The Hall–Kier alpha value is -6.36. The normalized spacial score (nSPS) is 14.8. The molecule has 182 valence electrons. The fourth-order valence-corrected chi connectivity index (χ4v) is 5.20. The molecule has 2 aromatic heterocycles. The lowest BCUT2D eigenvalue weighted by atomic mass is 10.0. The summed E-state index contributed by atoms with van der Waals surface area (Å²) in [7, 11) is 0. The largest absolute Gasteiger partial charge is 0.271 e. The van der Waals surface area contributed by atoms with Crippen LogP contribution >= 0.6 is 0 Å². The standard InChI is InChI=1S/C30H8F2N8/c1-35-23(11-33)25-17-7-13(31)3-5-15(17)27-29(25)39-21-10-22-20(9-19(21)37-27)38-28-16-6-4-14(32)8-18(16)26(30(28)40-22)24(12-34)36-2/h3-10H/b25-23-,26-24+. The first kappa shape index (κ1) is 22.8. The Kier molecular flexibility index (Phi) is 4.60. The Morgan fingerprint density at radius 1 is 0.575 bits per heavy atom. The van der Waals surface area contributed by atoms with Crippen LogP contribution in [0.25, 0.3) is 65.4 Å². The maximum atomic E-state index is 14.2. The molecule has 5 aromatic rings. The van der Waals surface area contributed by atoms with Gasteiger partial charge in [0.2, 0.25) is 0 Å². The van der Waals surface area contributed by atoms with E-state index in [1.54, 1.807) is 12.1 Å². The van der Waals surface area contributed by atoms with Gasteiger partial charge in [-0.2, -0.15) is 0 Å². The summed E-state index contributed by atoms with van der Waals surface area (Å²) in [4.78, 5) is 25.6. The van der Waals surface area contributed by atoms with Crippen molar-refractivity contribution in [1.29, 1.82) is 10.5 Å². The van der Waals surface area contributed by atoms with Crippen LogP contribution in [-0.2, 0) is 0 Å². The molecule has 0 atom stereocenters. The van der Waals surface area contributed by atoms with Crippen molar-refractivity contribution in [2.45, 2.75) is 0 Å². The lowest BCUT2D eigenvalue weighted by molar-refractivity contribution is 0.627. The van der Waals surface area contributed by atoms with Gasteiger partial charge in [-0.15, -0.1) is 0 Å². The summed E-state index contributed by atoms with van der Waals surface area (Å²) in [5.41, 5.74) is 4.78. The van der Waals surface area contributed by atoms with Crippen LogP contribution in [0.1, 0.15) is 22.5 Å². The molecule has 10 heteroatoms. The zero-order chi connectivity index (χ0) is 27.7. The molecule has 2 aliphatic carbocycles. The molecule has 0 unspecified atom stereocenters. The second-order valence-corrected chi connectivity index (χ2v) is 8.95. The van der Waals surface area contributed by atoms with Crippen molar-refractivity contribution in [3.05, 3.63) is 117 Å². The highest BCUT2D eigenvalue weighted by Crippen LogP contribution is 2.47. The summed E-state index contributed by atoms with van der Waals surface area (Å²) in [5, 5.41) is 19.2. The highest BCUT2D eigenvalue weighted by Gasteiger charge is 2.32. The highest BCUT2D eigenvalue weighted by molar-refractivity contribution is 6.06. The fraction of sp³-hybridized carbons (Fsp3) is 0. The van der Waals surface area contributed by atoms with E-state index in [1.165, 1.54) is 36.4 Å². The number of nitriles is 2. The van der Waals surface area contributed by atoms with Crippen LogP contribution in [0.3, 0.4) is 0 Å². The molecule has 0 N–H and O–H groups in total. The minimum atomic E-state index is -0.523. The van der Waals surface area contributed by atoms with Gasteiger partial charge >= 0.3 is 0 Å².